The number of nitrogens with zero attached hydrogens (tertiary/aromatic N) is 1. The number of alkyl halides is 1. The first-order chi connectivity index (χ1) is 8.35. The van der Waals surface area contributed by atoms with Crippen LogP contribution in [0.15, 0.2) is 0 Å². The number of amides is 1. The Bertz CT molecular complexity index is 384. The van der Waals surface area contributed by atoms with E-state index < -0.39 is 9.84 Å². The Morgan fingerprint density at radius 3 is 2.56 bits per heavy atom. The van der Waals surface area contributed by atoms with E-state index in [0.717, 1.165) is 13.0 Å². The molecule has 1 heterocycles. The summed E-state index contributed by atoms with van der Waals surface area (Å²) < 4.78 is 22.9. The van der Waals surface area contributed by atoms with Gasteiger partial charge in [-0.2, -0.15) is 0 Å². The van der Waals surface area contributed by atoms with Crippen LogP contribution in [0.5, 0.6) is 0 Å². The molecule has 7 heteroatoms. The fourth-order valence-electron chi connectivity index (χ4n) is 2.21. The van der Waals surface area contributed by atoms with Gasteiger partial charge in [-0.15, -0.1) is 11.6 Å². The molecule has 18 heavy (non-hydrogen) atoms. The Labute approximate surface area is 114 Å². The molecule has 0 radical (unpaired) electrons. The van der Waals surface area contributed by atoms with Gasteiger partial charge in [-0.25, -0.2) is 8.42 Å². The highest BCUT2D eigenvalue weighted by molar-refractivity contribution is 7.91. The first kappa shape index (κ1) is 15.7. The van der Waals surface area contributed by atoms with Crippen molar-refractivity contribution >= 4 is 27.3 Å². The Morgan fingerprint density at radius 2 is 2.11 bits per heavy atom. The summed E-state index contributed by atoms with van der Waals surface area (Å²) in [5, 5.41) is 0. The van der Waals surface area contributed by atoms with Gasteiger partial charge in [-0.05, 0) is 6.42 Å². The van der Waals surface area contributed by atoms with Crippen LogP contribution in [0.25, 0.3) is 0 Å². The van der Waals surface area contributed by atoms with E-state index in [9.17, 15) is 13.2 Å². The monoisotopic (exact) mass is 297 g/mol. The molecule has 1 atom stereocenters. The normalized spacial score (nSPS) is 22.3. The van der Waals surface area contributed by atoms with E-state index >= 15 is 0 Å². The van der Waals surface area contributed by atoms with Crippen LogP contribution in [0.1, 0.15) is 12.8 Å². The summed E-state index contributed by atoms with van der Waals surface area (Å²) in [4.78, 5) is 14.7. The SMILES string of the molecule is C[NH+](C)CCCN(C(=O)CCl)[C@H]1CCS(=O)(=O)C1. The van der Waals surface area contributed by atoms with E-state index in [1.807, 2.05) is 14.1 Å². The number of carbonyl (C=O) groups is 1. The van der Waals surface area contributed by atoms with Crippen molar-refractivity contribution in [1.29, 1.82) is 0 Å². The van der Waals surface area contributed by atoms with Crippen molar-refractivity contribution in [3.63, 3.8) is 0 Å². The van der Waals surface area contributed by atoms with E-state index in [-0.39, 0.29) is 29.3 Å². The molecule has 1 aliphatic rings. The summed E-state index contributed by atoms with van der Waals surface area (Å²) in [6.45, 7) is 1.54. The van der Waals surface area contributed by atoms with Gasteiger partial charge in [0.25, 0.3) is 0 Å². The van der Waals surface area contributed by atoms with Gasteiger partial charge < -0.3 is 9.80 Å². The molecule has 1 aliphatic heterocycles. The van der Waals surface area contributed by atoms with E-state index in [1.54, 1.807) is 4.90 Å². The highest BCUT2D eigenvalue weighted by Gasteiger charge is 2.34. The second kappa shape index (κ2) is 6.73. The number of hydrogen-bond acceptors (Lipinski definition) is 3. The van der Waals surface area contributed by atoms with Crippen LogP contribution in [-0.4, -0.2) is 69.8 Å². The van der Waals surface area contributed by atoms with Crippen molar-refractivity contribution in [2.24, 2.45) is 0 Å². The summed E-state index contributed by atoms with van der Waals surface area (Å²) in [5.41, 5.74) is 0. The third kappa shape index (κ3) is 4.74. The van der Waals surface area contributed by atoms with Crippen LogP contribution in [-0.2, 0) is 14.6 Å². The number of carbonyl (C=O) groups excluding carboxylic acids is 1. The molecule has 0 aliphatic carbocycles. The number of nitrogens with one attached hydrogen (secondary N) is 1. The maximum Gasteiger partial charge on any atom is 0.237 e. The predicted octanol–water partition coefficient (Wildman–Crippen LogP) is -1.22. The van der Waals surface area contributed by atoms with Crippen LogP contribution < -0.4 is 4.90 Å². The van der Waals surface area contributed by atoms with Gasteiger partial charge >= 0.3 is 0 Å². The Hall–Kier alpha value is -0.330. The fourth-order valence-corrected chi connectivity index (χ4v) is 4.10. The van der Waals surface area contributed by atoms with Gasteiger partial charge in [0.2, 0.25) is 5.91 Å². The van der Waals surface area contributed by atoms with E-state index in [1.165, 1.54) is 4.90 Å². The fraction of sp³-hybridized carbons (Fsp3) is 0.909. The summed E-state index contributed by atoms with van der Waals surface area (Å²) in [5.74, 6) is 0.0332. The lowest BCUT2D eigenvalue weighted by atomic mass is 10.2. The number of quaternary nitrogens is 1. The van der Waals surface area contributed by atoms with E-state index in [0.29, 0.717) is 13.0 Å². The molecule has 0 aromatic heterocycles. The lowest BCUT2D eigenvalue weighted by molar-refractivity contribution is -0.858. The third-order valence-corrected chi connectivity index (χ3v) is 5.14. The third-order valence-electron chi connectivity index (χ3n) is 3.16. The van der Waals surface area contributed by atoms with Gasteiger partial charge in [0.1, 0.15) is 5.88 Å². The molecule has 5 nitrogen and oxygen atoms in total. The van der Waals surface area contributed by atoms with Gasteiger partial charge in [-0.3, -0.25) is 4.79 Å². The predicted molar refractivity (Wildman–Crippen MR) is 71.8 cm³/mol. The number of halogens is 1. The van der Waals surface area contributed by atoms with Crippen molar-refractivity contribution < 1.29 is 18.1 Å². The van der Waals surface area contributed by atoms with E-state index in [2.05, 4.69) is 0 Å². The average Bonchev–Trinajstić information content (AvgIpc) is 2.63. The highest BCUT2D eigenvalue weighted by atomic mass is 35.5. The van der Waals surface area contributed by atoms with Crippen LogP contribution in [0, 0.1) is 0 Å². The van der Waals surface area contributed by atoms with Gasteiger partial charge in [0, 0.05) is 19.0 Å². The minimum absolute atomic E-state index is 0.0780. The Kier molecular flexibility index (Phi) is 5.88. The first-order valence-electron chi connectivity index (χ1n) is 6.20. The summed E-state index contributed by atoms with van der Waals surface area (Å²) in [7, 11) is 1.13. The highest BCUT2D eigenvalue weighted by Crippen LogP contribution is 2.18. The molecular weight excluding hydrogens is 276 g/mol. The van der Waals surface area contributed by atoms with Crippen molar-refractivity contribution in [3.8, 4) is 0 Å². The standard InChI is InChI=1S/C11H21ClN2O3S/c1-13(2)5-3-6-14(11(15)8-12)10-4-7-18(16,17)9-10/h10H,3-9H2,1-2H3/p+1/t10-/m0/s1. The molecule has 0 bridgehead atoms. The molecule has 1 N–H and O–H groups in total. The van der Waals surface area contributed by atoms with Crippen molar-refractivity contribution in [2.75, 3.05) is 44.6 Å². The van der Waals surface area contributed by atoms with Crippen LogP contribution in [0.3, 0.4) is 0 Å². The molecule has 0 aromatic rings. The largest absolute Gasteiger partial charge is 0.340 e. The molecule has 106 valence electrons. The number of hydrogen-bond donors (Lipinski definition) is 1. The molecule has 1 rings (SSSR count). The summed E-state index contributed by atoms with van der Waals surface area (Å²) in [6, 6.07) is -0.182. The number of sulfone groups is 1. The molecular formula is C11H22ClN2O3S+. The lowest BCUT2D eigenvalue weighted by Gasteiger charge is -2.27. The number of rotatable bonds is 6. The van der Waals surface area contributed by atoms with Gasteiger partial charge in [0.05, 0.1) is 32.1 Å². The van der Waals surface area contributed by atoms with Crippen molar-refractivity contribution in [3.05, 3.63) is 0 Å². The molecule has 1 saturated heterocycles. The maximum atomic E-state index is 11.8. The van der Waals surface area contributed by atoms with Crippen molar-refractivity contribution in [2.45, 2.75) is 18.9 Å². The summed E-state index contributed by atoms with van der Waals surface area (Å²) in [6.07, 6.45) is 1.40. The average molecular weight is 298 g/mol. The molecule has 1 amide bonds. The maximum absolute atomic E-state index is 11.8. The topological polar surface area (TPSA) is 58.9 Å². The van der Waals surface area contributed by atoms with Crippen LogP contribution in [0.2, 0.25) is 0 Å². The molecule has 0 aromatic carbocycles. The smallest absolute Gasteiger partial charge is 0.237 e. The molecule has 0 spiro atoms. The molecule has 0 unspecified atom stereocenters. The minimum atomic E-state index is -2.97. The summed E-state index contributed by atoms with van der Waals surface area (Å²) >= 11 is 5.59. The zero-order valence-corrected chi connectivity index (χ0v) is 12.6. The lowest BCUT2D eigenvalue weighted by Crippen LogP contribution is -3.05. The van der Waals surface area contributed by atoms with Gasteiger partial charge in [-0.1, -0.05) is 0 Å². The van der Waals surface area contributed by atoms with Crippen LogP contribution >= 0.6 is 11.6 Å². The quantitative estimate of drug-likeness (QED) is 0.625. The minimum Gasteiger partial charge on any atom is -0.340 e. The van der Waals surface area contributed by atoms with Crippen molar-refractivity contribution in [1.82, 2.24) is 4.90 Å². The Morgan fingerprint density at radius 1 is 1.44 bits per heavy atom. The van der Waals surface area contributed by atoms with E-state index in [4.69, 9.17) is 11.6 Å². The zero-order chi connectivity index (χ0) is 13.8. The zero-order valence-electron chi connectivity index (χ0n) is 11.0. The molecule has 1 fully saturated rings. The molecule has 0 saturated carbocycles. The second-order valence-electron chi connectivity index (χ2n) is 5.09. The second-order valence-corrected chi connectivity index (χ2v) is 7.58. The van der Waals surface area contributed by atoms with Gasteiger partial charge in [0.15, 0.2) is 9.84 Å². The first-order valence-corrected chi connectivity index (χ1v) is 8.56. The van der Waals surface area contributed by atoms with Crippen LogP contribution in [0.4, 0.5) is 0 Å². The Balaban J connectivity index is 2.59.